The third kappa shape index (κ3) is 4.89. The van der Waals surface area contributed by atoms with Crippen LogP contribution in [0.1, 0.15) is 13.8 Å². The molecule has 0 saturated carbocycles. The molecule has 0 aromatic heterocycles. The van der Waals surface area contributed by atoms with Gasteiger partial charge in [-0.1, -0.05) is 0 Å². The number of nitrogens with zero attached hydrogens (tertiary/aromatic N) is 1. The molecule has 1 unspecified atom stereocenters. The van der Waals surface area contributed by atoms with Crippen molar-refractivity contribution in [2.24, 2.45) is 0 Å². The van der Waals surface area contributed by atoms with Crippen LogP contribution in [-0.2, 0) is 14.3 Å². The summed E-state index contributed by atoms with van der Waals surface area (Å²) in [5, 5.41) is 11.4. The van der Waals surface area contributed by atoms with Gasteiger partial charge in [-0.3, -0.25) is 4.79 Å². The lowest BCUT2D eigenvalue weighted by Gasteiger charge is -2.27. The van der Waals surface area contributed by atoms with Crippen molar-refractivity contribution in [2.75, 3.05) is 32.9 Å². The maximum atomic E-state index is 11.8. The normalized spacial score (nSPS) is 19.6. The second-order valence-corrected chi connectivity index (χ2v) is 4.37. The lowest BCUT2D eigenvalue weighted by atomic mass is 10.3. The van der Waals surface area contributed by atoms with Gasteiger partial charge >= 0.3 is 12.0 Å². The molecule has 1 fully saturated rings. The molecule has 18 heavy (non-hydrogen) atoms. The van der Waals surface area contributed by atoms with Crippen LogP contribution in [0.15, 0.2) is 0 Å². The van der Waals surface area contributed by atoms with E-state index >= 15 is 0 Å². The van der Waals surface area contributed by atoms with Crippen molar-refractivity contribution in [1.82, 2.24) is 10.2 Å². The molecule has 2 amide bonds. The smallest absolute Gasteiger partial charge is 0.323 e. The topological polar surface area (TPSA) is 88.1 Å². The van der Waals surface area contributed by atoms with E-state index in [9.17, 15) is 9.59 Å². The number of carboxylic acids is 1. The molecule has 1 rings (SSSR count). The second kappa shape index (κ2) is 7.17. The number of rotatable bonds is 5. The molecule has 0 aliphatic carbocycles. The Morgan fingerprint density at radius 1 is 1.44 bits per heavy atom. The minimum absolute atomic E-state index is 0.165. The van der Waals surface area contributed by atoms with Crippen molar-refractivity contribution in [3.63, 3.8) is 0 Å². The first-order valence-electron chi connectivity index (χ1n) is 5.96. The molecule has 1 atom stereocenters. The maximum Gasteiger partial charge on any atom is 0.323 e. The number of nitrogens with one attached hydrogen (secondary N) is 1. The highest BCUT2D eigenvalue weighted by atomic mass is 16.6. The molecule has 2 N–H and O–H groups in total. The van der Waals surface area contributed by atoms with Crippen LogP contribution in [-0.4, -0.2) is 67.1 Å². The van der Waals surface area contributed by atoms with Gasteiger partial charge in [0.05, 0.1) is 25.9 Å². The van der Waals surface area contributed by atoms with E-state index < -0.39 is 12.0 Å². The van der Waals surface area contributed by atoms with Crippen LogP contribution >= 0.6 is 0 Å². The summed E-state index contributed by atoms with van der Waals surface area (Å²) in [5.74, 6) is -1.03. The van der Waals surface area contributed by atoms with Gasteiger partial charge in [-0.25, -0.2) is 4.79 Å². The van der Waals surface area contributed by atoms with Gasteiger partial charge in [0, 0.05) is 12.6 Å². The molecule has 1 aliphatic heterocycles. The third-order valence-corrected chi connectivity index (χ3v) is 2.56. The molecular formula is C11H20N2O5. The highest BCUT2D eigenvalue weighted by molar-refractivity contribution is 5.80. The number of carbonyl (C=O) groups is 2. The van der Waals surface area contributed by atoms with Crippen molar-refractivity contribution in [1.29, 1.82) is 0 Å². The molecule has 104 valence electrons. The fourth-order valence-corrected chi connectivity index (χ4v) is 1.59. The predicted molar refractivity (Wildman–Crippen MR) is 63.4 cm³/mol. The number of carboxylic acid groups (broad SMARTS) is 1. The number of hydrogen-bond acceptors (Lipinski definition) is 4. The predicted octanol–water partition coefficient (Wildman–Crippen LogP) is -0.0936. The Hall–Kier alpha value is -1.34. The van der Waals surface area contributed by atoms with Crippen LogP contribution in [0.3, 0.4) is 0 Å². The summed E-state index contributed by atoms with van der Waals surface area (Å²) in [6.45, 7) is 5.07. The fraction of sp³-hybridized carbons (Fsp3) is 0.818. The second-order valence-electron chi connectivity index (χ2n) is 4.37. The van der Waals surface area contributed by atoms with Crippen LogP contribution in [0.25, 0.3) is 0 Å². The zero-order valence-electron chi connectivity index (χ0n) is 10.7. The third-order valence-electron chi connectivity index (χ3n) is 2.56. The van der Waals surface area contributed by atoms with Gasteiger partial charge in [0.15, 0.2) is 0 Å². The Morgan fingerprint density at radius 2 is 2.17 bits per heavy atom. The van der Waals surface area contributed by atoms with Gasteiger partial charge < -0.3 is 24.8 Å². The number of amides is 2. The first-order valence-corrected chi connectivity index (χ1v) is 5.96. The number of urea groups is 1. The molecule has 0 aromatic rings. The molecule has 1 heterocycles. The highest BCUT2D eigenvalue weighted by Gasteiger charge is 2.21. The van der Waals surface area contributed by atoms with E-state index in [-0.39, 0.29) is 18.7 Å². The van der Waals surface area contributed by atoms with E-state index in [0.717, 1.165) is 0 Å². The van der Waals surface area contributed by atoms with Crippen molar-refractivity contribution < 1.29 is 24.2 Å². The average Bonchev–Trinajstić information content (AvgIpc) is 2.34. The Bertz CT molecular complexity index is 289. The van der Waals surface area contributed by atoms with Crippen LogP contribution in [0, 0.1) is 0 Å². The summed E-state index contributed by atoms with van der Waals surface area (Å²) in [5.41, 5.74) is 0. The molecule has 0 aromatic carbocycles. The fourth-order valence-electron chi connectivity index (χ4n) is 1.59. The Balaban J connectivity index is 2.38. The van der Waals surface area contributed by atoms with E-state index in [2.05, 4.69) is 5.32 Å². The van der Waals surface area contributed by atoms with Crippen LogP contribution in [0.4, 0.5) is 4.79 Å². The quantitative estimate of drug-likeness (QED) is 0.721. The van der Waals surface area contributed by atoms with E-state index in [0.29, 0.717) is 26.4 Å². The van der Waals surface area contributed by atoms with E-state index in [1.165, 1.54) is 4.90 Å². The molecule has 0 spiro atoms. The lowest BCUT2D eigenvalue weighted by molar-refractivity contribution is -0.138. The maximum absolute atomic E-state index is 11.8. The average molecular weight is 260 g/mol. The number of aliphatic carboxylic acids is 1. The molecule has 1 saturated heterocycles. The summed E-state index contributed by atoms with van der Waals surface area (Å²) in [4.78, 5) is 23.7. The monoisotopic (exact) mass is 260 g/mol. The lowest BCUT2D eigenvalue weighted by Crippen LogP contribution is -2.49. The number of hydrogen-bond donors (Lipinski definition) is 2. The Morgan fingerprint density at radius 3 is 2.67 bits per heavy atom. The van der Waals surface area contributed by atoms with Gasteiger partial charge in [-0.15, -0.1) is 0 Å². The zero-order valence-corrected chi connectivity index (χ0v) is 10.7. The van der Waals surface area contributed by atoms with Crippen molar-refractivity contribution in [3.8, 4) is 0 Å². The molecule has 0 bridgehead atoms. The van der Waals surface area contributed by atoms with Crippen LogP contribution < -0.4 is 5.32 Å². The van der Waals surface area contributed by atoms with Crippen molar-refractivity contribution in [2.45, 2.75) is 26.0 Å². The van der Waals surface area contributed by atoms with Gasteiger partial charge in [0.2, 0.25) is 0 Å². The largest absolute Gasteiger partial charge is 0.480 e. The summed E-state index contributed by atoms with van der Waals surface area (Å²) in [7, 11) is 0. The van der Waals surface area contributed by atoms with E-state index in [1.54, 1.807) is 13.8 Å². The highest BCUT2D eigenvalue weighted by Crippen LogP contribution is 2.01. The summed E-state index contributed by atoms with van der Waals surface area (Å²) in [6, 6.07) is -0.578. The summed E-state index contributed by atoms with van der Waals surface area (Å²) < 4.78 is 10.6. The van der Waals surface area contributed by atoms with Gasteiger partial charge in [0.25, 0.3) is 0 Å². The van der Waals surface area contributed by atoms with Crippen LogP contribution in [0.5, 0.6) is 0 Å². The molecular weight excluding hydrogens is 240 g/mol. The Labute approximate surface area is 106 Å². The van der Waals surface area contributed by atoms with Crippen molar-refractivity contribution in [3.05, 3.63) is 0 Å². The summed E-state index contributed by atoms with van der Waals surface area (Å²) >= 11 is 0. The minimum atomic E-state index is -1.03. The SMILES string of the molecule is CC(C)N(CC(=O)O)C(=O)NCC1COCCO1. The van der Waals surface area contributed by atoms with E-state index in [4.69, 9.17) is 14.6 Å². The first kappa shape index (κ1) is 14.7. The van der Waals surface area contributed by atoms with Gasteiger partial charge in [0.1, 0.15) is 6.54 Å². The first-order chi connectivity index (χ1) is 8.50. The Kier molecular flexibility index (Phi) is 5.87. The van der Waals surface area contributed by atoms with Crippen molar-refractivity contribution >= 4 is 12.0 Å². The standard InChI is InChI=1S/C11H20N2O5/c1-8(2)13(6-10(14)15)11(16)12-5-9-7-17-3-4-18-9/h8-9H,3-7H2,1-2H3,(H,12,16)(H,14,15). The zero-order chi connectivity index (χ0) is 13.5. The van der Waals surface area contributed by atoms with Gasteiger partial charge in [-0.2, -0.15) is 0 Å². The van der Waals surface area contributed by atoms with Gasteiger partial charge in [-0.05, 0) is 13.8 Å². The van der Waals surface area contributed by atoms with Crippen LogP contribution in [0.2, 0.25) is 0 Å². The molecule has 1 aliphatic rings. The number of ether oxygens (including phenoxy) is 2. The molecule has 0 radical (unpaired) electrons. The molecule has 7 heteroatoms. The summed E-state index contributed by atoms with van der Waals surface area (Å²) in [6.07, 6.45) is -0.165. The molecule has 7 nitrogen and oxygen atoms in total. The minimum Gasteiger partial charge on any atom is -0.480 e. The van der Waals surface area contributed by atoms with E-state index in [1.807, 2.05) is 0 Å². The number of carbonyl (C=O) groups excluding carboxylic acids is 1.